The van der Waals surface area contributed by atoms with Gasteiger partial charge in [0.2, 0.25) is 5.91 Å². The van der Waals surface area contributed by atoms with E-state index in [0.29, 0.717) is 25.3 Å². The number of rotatable bonds is 7. The highest BCUT2D eigenvalue weighted by Crippen LogP contribution is 2.46. The number of hydrogen-bond acceptors (Lipinski definition) is 4. The Morgan fingerprint density at radius 2 is 1.97 bits per heavy atom. The van der Waals surface area contributed by atoms with E-state index < -0.39 is 11.6 Å². The smallest absolute Gasteiger partial charge is 0.325 e. The number of hydrogen-bond donors (Lipinski definition) is 2. The third kappa shape index (κ3) is 5.32. The fourth-order valence-corrected chi connectivity index (χ4v) is 5.69. The summed E-state index contributed by atoms with van der Waals surface area (Å²) in [6.45, 7) is 6.67. The van der Waals surface area contributed by atoms with Crippen molar-refractivity contribution in [2.45, 2.75) is 51.3 Å². The van der Waals surface area contributed by atoms with Crippen molar-refractivity contribution >= 4 is 29.6 Å². The van der Waals surface area contributed by atoms with Crippen LogP contribution in [0.15, 0.2) is 30.3 Å². The summed E-state index contributed by atoms with van der Waals surface area (Å²) >= 11 is 1.74. The predicted octanol–water partition coefficient (Wildman–Crippen LogP) is 3.17. The molecule has 0 radical (unpaired) electrons. The van der Waals surface area contributed by atoms with Gasteiger partial charge >= 0.3 is 6.03 Å². The lowest BCUT2D eigenvalue weighted by Gasteiger charge is -2.43. The number of carbonyl (C=O) groups excluding carboxylic acids is 3. The van der Waals surface area contributed by atoms with Gasteiger partial charge in [0.15, 0.2) is 0 Å². The molecule has 1 saturated carbocycles. The fourth-order valence-electron chi connectivity index (χ4n) is 4.88. The largest absolute Gasteiger partial charge is 0.354 e. The molecule has 4 amide bonds. The van der Waals surface area contributed by atoms with E-state index in [1.54, 1.807) is 11.8 Å². The van der Waals surface area contributed by atoms with Crippen molar-refractivity contribution < 1.29 is 14.4 Å². The van der Waals surface area contributed by atoms with Crippen molar-refractivity contribution in [1.82, 2.24) is 15.5 Å². The summed E-state index contributed by atoms with van der Waals surface area (Å²) in [6, 6.07) is 9.71. The van der Waals surface area contributed by atoms with Gasteiger partial charge in [-0.3, -0.25) is 14.5 Å². The van der Waals surface area contributed by atoms with Gasteiger partial charge in [-0.05, 0) is 36.2 Å². The zero-order chi connectivity index (χ0) is 21.1. The molecule has 6 nitrogen and oxygen atoms in total. The van der Waals surface area contributed by atoms with Crippen LogP contribution >= 0.6 is 11.8 Å². The topological polar surface area (TPSA) is 78.5 Å². The molecule has 1 saturated heterocycles. The second-order valence-corrected chi connectivity index (χ2v) is 10.3. The molecule has 7 heteroatoms. The summed E-state index contributed by atoms with van der Waals surface area (Å²) < 4.78 is 0. The van der Waals surface area contributed by atoms with Gasteiger partial charge in [-0.2, -0.15) is 11.8 Å². The number of carbonyl (C=O) groups is 3. The Hall–Kier alpha value is -2.02. The number of thioether (sulfide) groups is 1. The highest BCUT2D eigenvalue weighted by Gasteiger charge is 2.56. The first-order chi connectivity index (χ1) is 13.7. The molecule has 1 aromatic carbocycles. The molecule has 29 heavy (non-hydrogen) atoms. The zero-order valence-electron chi connectivity index (χ0n) is 17.5. The quantitative estimate of drug-likeness (QED) is 0.528. The van der Waals surface area contributed by atoms with Gasteiger partial charge in [0, 0.05) is 18.1 Å². The minimum atomic E-state index is -0.857. The molecule has 1 aliphatic heterocycles. The summed E-state index contributed by atoms with van der Waals surface area (Å²) in [4.78, 5) is 38.9. The van der Waals surface area contributed by atoms with E-state index >= 15 is 0 Å². The van der Waals surface area contributed by atoms with Crippen molar-refractivity contribution in [3.8, 4) is 0 Å². The van der Waals surface area contributed by atoms with Crippen LogP contribution in [0.25, 0.3) is 0 Å². The maximum Gasteiger partial charge on any atom is 0.325 e. The van der Waals surface area contributed by atoms with Crippen LogP contribution in [-0.2, 0) is 15.3 Å². The molecule has 1 aliphatic carbocycles. The molecule has 0 aromatic heterocycles. The third-order valence-corrected chi connectivity index (χ3v) is 6.64. The van der Waals surface area contributed by atoms with Gasteiger partial charge in [-0.15, -0.1) is 0 Å². The van der Waals surface area contributed by atoms with E-state index in [1.165, 1.54) is 5.56 Å². The lowest BCUT2D eigenvalue weighted by atomic mass is 9.64. The van der Waals surface area contributed by atoms with Gasteiger partial charge in [0.1, 0.15) is 12.1 Å². The van der Waals surface area contributed by atoms with E-state index in [2.05, 4.69) is 43.5 Å². The Labute approximate surface area is 177 Å². The Balaban J connectivity index is 1.46. The molecule has 158 valence electrons. The number of urea groups is 1. The number of benzene rings is 1. The van der Waals surface area contributed by atoms with Crippen LogP contribution in [0.4, 0.5) is 4.79 Å². The number of amides is 4. The molecule has 1 spiro atoms. The molecule has 0 bridgehead atoms. The summed E-state index contributed by atoms with van der Waals surface area (Å²) in [5.41, 5.74) is 0.372. The third-order valence-electron chi connectivity index (χ3n) is 5.61. The van der Waals surface area contributed by atoms with E-state index in [0.717, 1.165) is 22.8 Å². The number of nitrogens with one attached hydrogen (secondary N) is 2. The SMILES string of the molecule is CC1CC(C)(C)CC2(C1)NC(=O)N(CC(=O)NCCSCc1ccccc1)C2=O. The van der Waals surface area contributed by atoms with Gasteiger partial charge in [0.25, 0.3) is 5.91 Å². The standard InChI is InChI=1S/C22H31N3O3S/c1-16-11-21(2,3)15-22(12-16)19(27)25(20(28)24-22)13-18(26)23-9-10-29-14-17-7-5-4-6-8-17/h4-8,16H,9-15H2,1-3H3,(H,23,26)(H,24,28). The molecule has 2 N–H and O–H groups in total. The molecule has 2 unspecified atom stereocenters. The minimum absolute atomic E-state index is 0.0190. The first-order valence-corrected chi connectivity index (χ1v) is 11.4. The van der Waals surface area contributed by atoms with Crippen molar-refractivity contribution in [1.29, 1.82) is 0 Å². The lowest BCUT2D eigenvalue weighted by Crippen LogP contribution is -2.54. The predicted molar refractivity (Wildman–Crippen MR) is 115 cm³/mol. The fraction of sp³-hybridized carbons (Fsp3) is 0.591. The average Bonchev–Trinajstić information content (AvgIpc) is 2.84. The molecular formula is C22H31N3O3S. The first kappa shape index (κ1) is 21.7. The lowest BCUT2D eigenvalue weighted by molar-refractivity contribution is -0.137. The normalized spacial score (nSPS) is 25.9. The monoisotopic (exact) mass is 417 g/mol. The van der Waals surface area contributed by atoms with Gasteiger partial charge in [0.05, 0.1) is 0 Å². The average molecular weight is 418 g/mol. The van der Waals surface area contributed by atoms with Gasteiger partial charge < -0.3 is 10.6 Å². The van der Waals surface area contributed by atoms with Crippen LogP contribution < -0.4 is 10.6 Å². The van der Waals surface area contributed by atoms with Crippen molar-refractivity contribution in [2.75, 3.05) is 18.8 Å². The van der Waals surface area contributed by atoms with E-state index in [9.17, 15) is 14.4 Å². The van der Waals surface area contributed by atoms with Crippen LogP contribution in [0.2, 0.25) is 0 Å². The molecule has 3 rings (SSSR count). The van der Waals surface area contributed by atoms with Gasteiger partial charge in [-0.25, -0.2) is 4.79 Å². The second kappa shape index (κ2) is 8.78. The summed E-state index contributed by atoms with van der Waals surface area (Å²) in [6.07, 6.45) is 2.28. The van der Waals surface area contributed by atoms with Crippen LogP contribution in [0.5, 0.6) is 0 Å². The van der Waals surface area contributed by atoms with E-state index in [4.69, 9.17) is 0 Å². The maximum atomic E-state index is 13.1. The van der Waals surface area contributed by atoms with Crippen LogP contribution in [0.1, 0.15) is 45.6 Å². The first-order valence-electron chi connectivity index (χ1n) is 10.2. The molecule has 2 atom stereocenters. The van der Waals surface area contributed by atoms with E-state index in [-0.39, 0.29) is 23.8 Å². The summed E-state index contributed by atoms with van der Waals surface area (Å²) in [7, 11) is 0. The zero-order valence-corrected chi connectivity index (χ0v) is 18.3. The number of nitrogens with zero attached hydrogens (tertiary/aromatic N) is 1. The minimum Gasteiger partial charge on any atom is -0.354 e. The Bertz CT molecular complexity index is 768. The van der Waals surface area contributed by atoms with E-state index in [1.807, 2.05) is 18.2 Å². The molecule has 2 fully saturated rings. The van der Waals surface area contributed by atoms with Crippen molar-refractivity contribution in [3.63, 3.8) is 0 Å². The van der Waals surface area contributed by atoms with Gasteiger partial charge in [-0.1, -0.05) is 51.1 Å². The molecular weight excluding hydrogens is 386 g/mol. The van der Waals surface area contributed by atoms with Crippen LogP contribution in [0.3, 0.4) is 0 Å². The Kier molecular flexibility index (Phi) is 6.56. The summed E-state index contributed by atoms with van der Waals surface area (Å²) in [5.74, 6) is 1.46. The Morgan fingerprint density at radius 1 is 1.24 bits per heavy atom. The van der Waals surface area contributed by atoms with Crippen LogP contribution in [-0.4, -0.2) is 47.1 Å². The highest BCUT2D eigenvalue weighted by atomic mass is 32.2. The van der Waals surface area contributed by atoms with Crippen molar-refractivity contribution in [2.24, 2.45) is 11.3 Å². The molecule has 1 aromatic rings. The molecule has 2 aliphatic rings. The van der Waals surface area contributed by atoms with Crippen LogP contribution in [0, 0.1) is 11.3 Å². The summed E-state index contributed by atoms with van der Waals surface area (Å²) in [5, 5.41) is 5.73. The second-order valence-electron chi connectivity index (χ2n) is 9.15. The Morgan fingerprint density at radius 3 is 2.66 bits per heavy atom. The number of imide groups is 1. The maximum absolute atomic E-state index is 13.1. The highest BCUT2D eigenvalue weighted by molar-refractivity contribution is 7.98. The molecule has 1 heterocycles. The van der Waals surface area contributed by atoms with Crippen molar-refractivity contribution in [3.05, 3.63) is 35.9 Å².